The van der Waals surface area contributed by atoms with Crippen LogP contribution in [-0.2, 0) is 17.8 Å². The fraction of sp³-hybridized carbons (Fsp3) is 0.353. The number of rotatable bonds is 8. The first-order valence-corrected chi connectivity index (χ1v) is 8.33. The summed E-state index contributed by atoms with van der Waals surface area (Å²) in [6.45, 7) is 2.26. The second kappa shape index (κ2) is 8.23. The molecule has 0 unspecified atom stereocenters. The van der Waals surface area contributed by atoms with Gasteiger partial charge >= 0.3 is 0 Å². The lowest BCUT2D eigenvalue weighted by atomic mass is 10.1. The van der Waals surface area contributed by atoms with Crippen LogP contribution < -0.4 is 10.9 Å². The van der Waals surface area contributed by atoms with Gasteiger partial charge < -0.3 is 15.2 Å². The van der Waals surface area contributed by atoms with Crippen molar-refractivity contribution in [1.82, 2.24) is 19.7 Å². The fourth-order valence-electron chi connectivity index (χ4n) is 2.62. The normalized spacial score (nSPS) is 11.3. The molecular weight excluding hydrogens is 360 g/mol. The maximum Gasteiger partial charge on any atom is 0.278 e. The summed E-state index contributed by atoms with van der Waals surface area (Å²) < 4.78 is 33.7. The second-order valence-electron chi connectivity index (χ2n) is 5.90. The molecule has 0 aliphatic heterocycles. The van der Waals surface area contributed by atoms with Crippen molar-refractivity contribution in [3.63, 3.8) is 0 Å². The van der Waals surface area contributed by atoms with Crippen LogP contribution in [0.15, 0.2) is 23.0 Å². The molecule has 1 aromatic carbocycles. The zero-order valence-corrected chi connectivity index (χ0v) is 14.6. The number of hydrogen-bond acceptors (Lipinski definition) is 6. The number of aromatic amines is 1. The lowest BCUT2D eigenvalue weighted by Crippen LogP contribution is -2.17. The summed E-state index contributed by atoms with van der Waals surface area (Å²) in [7, 11) is 0. The quantitative estimate of drug-likeness (QED) is 0.510. The molecule has 0 amide bonds. The summed E-state index contributed by atoms with van der Waals surface area (Å²) in [5.74, 6) is -1.08. The predicted molar refractivity (Wildman–Crippen MR) is 94.5 cm³/mol. The summed E-state index contributed by atoms with van der Waals surface area (Å²) in [5, 5.41) is 15.3. The van der Waals surface area contributed by atoms with Crippen molar-refractivity contribution in [2.24, 2.45) is 0 Å². The summed E-state index contributed by atoms with van der Waals surface area (Å²) in [6, 6.07) is 4.63. The Balaban J connectivity index is 1.78. The molecular formula is C17H19F2N5O3. The molecule has 10 heteroatoms. The van der Waals surface area contributed by atoms with Gasteiger partial charge in [-0.1, -0.05) is 12.1 Å². The minimum absolute atomic E-state index is 0.00303. The van der Waals surface area contributed by atoms with E-state index in [2.05, 4.69) is 20.4 Å². The first-order valence-electron chi connectivity index (χ1n) is 8.33. The number of aryl methyl sites for hydroxylation is 1. The van der Waals surface area contributed by atoms with E-state index in [1.165, 1.54) is 10.7 Å². The molecule has 27 heavy (non-hydrogen) atoms. The molecule has 0 aliphatic rings. The fourth-order valence-corrected chi connectivity index (χ4v) is 2.62. The largest absolute Gasteiger partial charge is 0.394 e. The van der Waals surface area contributed by atoms with Crippen molar-refractivity contribution >= 4 is 17.0 Å². The maximum atomic E-state index is 14.1. The third-order valence-corrected chi connectivity index (χ3v) is 3.92. The monoisotopic (exact) mass is 379 g/mol. The van der Waals surface area contributed by atoms with Crippen LogP contribution in [-0.4, -0.2) is 44.7 Å². The first kappa shape index (κ1) is 18.9. The smallest absolute Gasteiger partial charge is 0.278 e. The van der Waals surface area contributed by atoms with Crippen LogP contribution in [0.2, 0.25) is 0 Å². The van der Waals surface area contributed by atoms with Gasteiger partial charge in [-0.3, -0.25) is 14.5 Å². The van der Waals surface area contributed by atoms with Crippen LogP contribution in [0, 0.1) is 18.7 Å². The van der Waals surface area contributed by atoms with Gasteiger partial charge in [0.1, 0.15) is 5.82 Å². The van der Waals surface area contributed by atoms with Crippen molar-refractivity contribution < 1.29 is 18.6 Å². The molecule has 0 spiro atoms. The highest BCUT2D eigenvalue weighted by atomic mass is 19.1. The van der Waals surface area contributed by atoms with Crippen LogP contribution in [0.4, 0.5) is 14.7 Å². The number of H-pyrrole nitrogens is 1. The SMILES string of the molecule is Cc1cc(CNc2nc3c(F)nn(CCOCCO)c3c(=O)[nH]2)ccc1F. The summed E-state index contributed by atoms with van der Waals surface area (Å²) in [5.41, 5.74) is 0.592. The molecule has 144 valence electrons. The maximum absolute atomic E-state index is 14.1. The summed E-state index contributed by atoms with van der Waals surface area (Å²) in [6.07, 6.45) is 0. The number of aliphatic hydroxyl groups is 1. The first-order chi connectivity index (χ1) is 13.0. The molecule has 0 fully saturated rings. The Morgan fingerprint density at radius 3 is 2.89 bits per heavy atom. The van der Waals surface area contributed by atoms with E-state index in [9.17, 15) is 13.6 Å². The van der Waals surface area contributed by atoms with Gasteiger partial charge in [0.25, 0.3) is 11.5 Å². The van der Waals surface area contributed by atoms with E-state index in [0.717, 1.165) is 5.56 Å². The lowest BCUT2D eigenvalue weighted by Gasteiger charge is -2.07. The van der Waals surface area contributed by atoms with Gasteiger partial charge in [0, 0.05) is 6.54 Å². The third-order valence-electron chi connectivity index (χ3n) is 3.92. The number of nitrogens with one attached hydrogen (secondary N) is 2. The standard InChI is InChI=1S/C17H19F2N5O3/c1-10-8-11(2-3-12(10)18)9-20-17-21-13-14(16(26)22-17)24(23-15(13)19)4-6-27-7-5-25/h2-3,8,25H,4-7,9H2,1H3,(H2,20,21,22,26). The van der Waals surface area contributed by atoms with E-state index >= 15 is 0 Å². The Kier molecular flexibility index (Phi) is 5.77. The second-order valence-corrected chi connectivity index (χ2v) is 5.90. The zero-order chi connectivity index (χ0) is 19.4. The summed E-state index contributed by atoms with van der Waals surface area (Å²) >= 11 is 0. The predicted octanol–water partition coefficient (Wildman–Crippen LogP) is 1.33. The van der Waals surface area contributed by atoms with E-state index in [1.807, 2.05) is 0 Å². The molecule has 3 rings (SSSR count). The number of aromatic nitrogens is 4. The van der Waals surface area contributed by atoms with E-state index in [0.29, 0.717) is 5.56 Å². The highest BCUT2D eigenvalue weighted by Gasteiger charge is 2.16. The van der Waals surface area contributed by atoms with E-state index < -0.39 is 11.5 Å². The Hall–Kier alpha value is -2.85. The van der Waals surface area contributed by atoms with Gasteiger partial charge in [0.05, 0.1) is 26.4 Å². The Labute approximate surface area is 152 Å². The number of nitrogens with zero attached hydrogens (tertiary/aromatic N) is 3. The summed E-state index contributed by atoms with van der Waals surface area (Å²) in [4.78, 5) is 19.0. The van der Waals surface area contributed by atoms with Crippen molar-refractivity contribution in [3.8, 4) is 0 Å². The van der Waals surface area contributed by atoms with Gasteiger partial charge in [0.15, 0.2) is 11.0 Å². The molecule has 0 atom stereocenters. The van der Waals surface area contributed by atoms with Gasteiger partial charge in [-0.05, 0) is 24.1 Å². The number of benzene rings is 1. The van der Waals surface area contributed by atoms with Crippen molar-refractivity contribution in [2.45, 2.75) is 20.0 Å². The number of anilines is 1. The average molecular weight is 379 g/mol. The Morgan fingerprint density at radius 2 is 2.15 bits per heavy atom. The number of halogens is 2. The molecule has 0 radical (unpaired) electrons. The van der Waals surface area contributed by atoms with E-state index in [1.54, 1.807) is 19.1 Å². The molecule has 0 saturated heterocycles. The topological polar surface area (TPSA) is 105 Å². The average Bonchev–Trinajstić information content (AvgIpc) is 2.96. The van der Waals surface area contributed by atoms with Crippen LogP contribution in [0.25, 0.3) is 11.0 Å². The molecule has 2 aromatic heterocycles. The van der Waals surface area contributed by atoms with Gasteiger partial charge in [-0.2, -0.15) is 4.39 Å². The Morgan fingerprint density at radius 1 is 1.33 bits per heavy atom. The molecule has 0 bridgehead atoms. The highest BCUT2D eigenvalue weighted by molar-refractivity contribution is 5.74. The number of aliphatic hydroxyl groups excluding tert-OH is 1. The third kappa shape index (κ3) is 4.29. The number of fused-ring (bicyclic) bond motifs is 1. The lowest BCUT2D eigenvalue weighted by molar-refractivity contribution is 0.0857. The Bertz CT molecular complexity index is 1000. The van der Waals surface area contributed by atoms with Crippen LogP contribution >= 0.6 is 0 Å². The van der Waals surface area contributed by atoms with Crippen LogP contribution in [0.5, 0.6) is 0 Å². The molecule has 3 aromatic rings. The number of hydrogen-bond donors (Lipinski definition) is 3. The van der Waals surface area contributed by atoms with E-state index in [4.69, 9.17) is 9.84 Å². The van der Waals surface area contributed by atoms with Crippen molar-refractivity contribution in [3.05, 3.63) is 51.4 Å². The minimum atomic E-state index is -0.862. The molecule has 3 N–H and O–H groups in total. The van der Waals surface area contributed by atoms with E-state index in [-0.39, 0.29) is 55.7 Å². The van der Waals surface area contributed by atoms with Gasteiger partial charge in [-0.25, -0.2) is 9.37 Å². The minimum Gasteiger partial charge on any atom is -0.394 e. The zero-order valence-electron chi connectivity index (χ0n) is 14.6. The molecule has 0 aliphatic carbocycles. The molecule has 8 nitrogen and oxygen atoms in total. The van der Waals surface area contributed by atoms with Crippen molar-refractivity contribution in [1.29, 1.82) is 0 Å². The van der Waals surface area contributed by atoms with Crippen LogP contribution in [0.3, 0.4) is 0 Å². The number of ether oxygens (including phenoxy) is 1. The van der Waals surface area contributed by atoms with Crippen molar-refractivity contribution in [2.75, 3.05) is 25.1 Å². The molecule has 2 heterocycles. The van der Waals surface area contributed by atoms with Crippen LogP contribution in [0.1, 0.15) is 11.1 Å². The highest BCUT2D eigenvalue weighted by Crippen LogP contribution is 2.14. The van der Waals surface area contributed by atoms with Gasteiger partial charge in [0.2, 0.25) is 5.95 Å². The van der Waals surface area contributed by atoms with Gasteiger partial charge in [-0.15, -0.1) is 5.10 Å². The molecule has 0 saturated carbocycles.